The van der Waals surface area contributed by atoms with E-state index in [2.05, 4.69) is 20.4 Å². The van der Waals surface area contributed by atoms with E-state index < -0.39 is 6.04 Å². The standard InChI is InChI=1S/C22H21N5O3/c1-14(24-21(28)10-15-6-3-4-8-19(15)30-2)17-12-22(29)27-20(25-17)11-18(26-27)16-7-5-9-23-13-16/h3-9,11-14,26H,10H2,1-2H3,(H,24,28). The van der Waals surface area contributed by atoms with E-state index in [4.69, 9.17) is 4.74 Å². The van der Waals surface area contributed by atoms with Crippen molar-refractivity contribution in [1.29, 1.82) is 0 Å². The third kappa shape index (κ3) is 3.93. The minimum atomic E-state index is -0.429. The molecule has 0 bridgehead atoms. The molecule has 30 heavy (non-hydrogen) atoms. The Morgan fingerprint density at radius 3 is 2.83 bits per heavy atom. The van der Waals surface area contributed by atoms with Crippen molar-refractivity contribution in [3.05, 3.63) is 82.5 Å². The largest absolute Gasteiger partial charge is 0.496 e. The molecule has 8 nitrogen and oxygen atoms in total. The molecule has 0 spiro atoms. The summed E-state index contributed by atoms with van der Waals surface area (Å²) in [5.74, 6) is 0.479. The second-order valence-electron chi connectivity index (χ2n) is 6.90. The second-order valence-corrected chi connectivity index (χ2v) is 6.90. The quantitative estimate of drug-likeness (QED) is 0.515. The highest BCUT2D eigenvalue weighted by Gasteiger charge is 2.16. The Morgan fingerprint density at radius 1 is 1.23 bits per heavy atom. The number of aromatic amines is 1. The minimum Gasteiger partial charge on any atom is -0.496 e. The van der Waals surface area contributed by atoms with E-state index in [1.165, 1.54) is 10.6 Å². The van der Waals surface area contributed by atoms with Crippen LogP contribution in [0.2, 0.25) is 0 Å². The van der Waals surface area contributed by atoms with E-state index in [-0.39, 0.29) is 17.9 Å². The number of aromatic nitrogens is 4. The van der Waals surface area contributed by atoms with Gasteiger partial charge in [0, 0.05) is 35.7 Å². The van der Waals surface area contributed by atoms with Crippen LogP contribution < -0.4 is 15.6 Å². The molecular weight excluding hydrogens is 382 g/mol. The average Bonchev–Trinajstić information content (AvgIpc) is 3.19. The number of benzene rings is 1. The van der Waals surface area contributed by atoms with Crippen LogP contribution in [0, 0.1) is 0 Å². The van der Waals surface area contributed by atoms with Crippen molar-refractivity contribution in [3.63, 3.8) is 0 Å². The molecule has 152 valence electrons. The summed E-state index contributed by atoms with van der Waals surface area (Å²) in [6.07, 6.45) is 3.56. The van der Waals surface area contributed by atoms with E-state index in [1.54, 1.807) is 32.5 Å². The number of ether oxygens (including phenoxy) is 1. The predicted octanol–water partition coefficient (Wildman–Crippen LogP) is 2.51. The van der Waals surface area contributed by atoms with Gasteiger partial charge in [-0.1, -0.05) is 18.2 Å². The zero-order valence-electron chi connectivity index (χ0n) is 16.6. The molecule has 0 radical (unpaired) electrons. The van der Waals surface area contributed by atoms with E-state index in [0.29, 0.717) is 17.1 Å². The highest BCUT2D eigenvalue weighted by atomic mass is 16.5. The first-order valence-corrected chi connectivity index (χ1v) is 9.49. The van der Waals surface area contributed by atoms with Crippen LogP contribution in [0.1, 0.15) is 24.2 Å². The lowest BCUT2D eigenvalue weighted by atomic mass is 10.1. The van der Waals surface area contributed by atoms with Crippen LogP contribution in [-0.4, -0.2) is 32.6 Å². The van der Waals surface area contributed by atoms with Gasteiger partial charge in [0.15, 0.2) is 5.65 Å². The Kier molecular flexibility index (Phi) is 5.30. The summed E-state index contributed by atoms with van der Waals surface area (Å²) in [6.45, 7) is 1.80. The molecule has 1 atom stereocenters. The number of pyridine rings is 1. The topological polar surface area (TPSA) is 101 Å². The number of hydrogen-bond acceptors (Lipinski definition) is 5. The van der Waals surface area contributed by atoms with Gasteiger partial charge in [-0.3, -0.25) is 19.7 Å². The van der Waals surface area contributed by atoms with Gasteiger partial charge in [-0.2, -0.15) is 0 Å². The Hall–Kier alpha value is -3.94. The summed E-state index contributed by atoms with van der Waals surface area (Å²) < 4.78 is 6.66. The fourth-order valence-corrected chi connectivity index (χ4v) is 3.29. The monoisotopic (exact) mass is 403 g/mol. The van der Waals surface area contributed by atoms with Gasteiger partial charge in [0.05, 0.1) is 31.0 Å². The van der Waals surface area contributed by atoms with Crippen LogP contribution in [0.5, 0.6) is 5.75 Å². The maximum atomic E-state index is 12.6. The fourth-order valence-electron chi connectivity index (χ4n) is 3.29. The molecule has 0 saturated carbocycles. The summed E-state index contributed by atoms with van der Waals surface area (Å²) in [5.41, 5.74) is 3.09. The molecule has 8 heteroatoms. The van der Waals surface area contributed by atoms with Crippen LogP contribution in [0.3, 0.4) is 0 Å². The molecule has 0 aliphatic rings. The third-order valence-electron chi connectivity index (χ3n) is 4.81. The number of rotatable bonds is 6. The highest BCUT2D eigenvalue weighted by Crippen LogP contribution is 2.19. The lowest BCUT2D eigenvalue weighted by Gasteiger charge is -2.14. The maximum absolute atomic E-state index is 12.6. The molecule has 1 aromatic carbocycles. The number of H-pyrrole nitrogens is 1. The average molecular weight is 403 g/mol. The Morgan fingerprint density at radius 2 is 2.07 bits per heavy atom. The molecule has 1 unspecified atom stereocenters. The normalized spacial score (nSPS) is 11.9. The van der Waals surface area contributed by atoms with Gasteiger partial charge in [-0.15, -0.1) is 0 Å². The highest BCUT2D eigenvalue weighted by molar-refractivity contribution is 5.79. The Labute approximate surface area is 172 Å². The van der Waals surface area contributed by atoms with E-state index >= 15 is 0 Å². The molecule has 3 heterocycles. The van der Waals surface area contributed by atoms with Crippen molar-refractivity contribution in [2.45, 2.75) is 19.4 Å². The van der Waals surface area contributed by atoms with Crippen LogP contribution in [0.25, 0.3) is 16.9 Å². The second kappa shape index (κ2) is 8.20. The zero-order chi connectivity index (χ0) is 21.1. The number of methoxy groups -OCH3 is 1. The SMILES string of the molecule is COc1ccccc1CC(=O)NC(C)c1cc(=O)n2[nH]c(-c3cccnc3)cc2n1. The van der Waals surface area contributed by atoms with Crippen LogP contribution in [0.15, 0.2) is 65.7 Å². The Bertz CT molecular complexity index is 1250. The molecule has 2 N–H and O–H groups in total. The first kappa shape index (κ1) is 19.4. The summed E-state index contributed by atoms with van der Waals surface area (Å²) >= 11 is 0. The number of hydrogen-bond donors (Lipinski definition) is 2. The summed E-state index contributed by atoms with van der Waals surface area (Å²) in [4.78, 5) is 33.7. The number of carbonyl (C=O) groups is 1. The van der Waals surface area contributed by atoms with Gasteiger partial charge in [0.1, 0.15) is 5.75 Å². The van der Waals surface area contributed by atoms with Crippen LogP contribution in [0.4, 0.5) is 0 Å². The number of nitrogens with one attached hydrogen (secondary N) is 2. The van der Waals surface area contributed by atoms with Gasteiger partial charge < -0.3 is 10.1 Å². The van der Waals surface area contributed by atoms with E-state index in [0.717, 1.165) is 16.8 Å². The van der Waals surface area contributed by atoms with Crippen molar-refractivity contribution in [2.24, 2.45) is 0 Å². The number of para-hydroxylation sites is 1. The van der Waals surface area contributed by atoms with Gasteiger partial charge >= 0.3 is 0 Å². The van der Waals surface area contributed by atoms with Gasteiger partial charge in [-0.05, 0) is 25.1 Å². The lowest BCUT2D eigenvalue weighted by Crippen LogP contribution is -2.30. The molecule has 4 rings (SSSR count). The van der Waals surface area contributed by atoms with Crippen molar-refractivity contribution in [3.8, 4) is 17.0 Å². The van der Waals surface area contributed by atoms with Crippen molar-refractivity contribution in [2.75, 3.05) is 7.11 Å². The third-order valence-corrected chi connectivity index (χ3v) is 4.81. The van der Waals surface area contributed by atoms with E-state index in [9.17, 15) is 9.59 Å². The molecule has 1 amide bonds. The molecule has 0 aliphatic carbocycles. The summed E-state index contributed by atoms with van der Waals surface area (Å²) in [5, 5.41) is 5.93. The summed E-state index contributed by atoms with van der Waals surface area (Å²) in [6, 6.07) is 13.9. The molecule has 0 aliphatic heterocycles. The minimum absolute atomic E-state index is 0.172. The van der Waals surface area contributed by atoms with Gasteiger partial charge in [0.25, 0.3) is 5.56 Å². The maximum Gasteiger partial charge on any atom is 0.272 e. The number of fused-ring (bicyclic) bond motifs is 1. The molecule has 0 fully saturated rings. The number of amides is 1. The van der Waals surface area contributed by atoms with Crippen LogP contribution in [-0.2, 0) is 11.2 Å². The van der Waals surface area contributed by atoms with E-state index in [1.807, 2.05) is 36.4 Å². The molecule has 4 aromatic rings. The van der Waals surface area contributed by atoms with Gasteiger partial charge in [0.2, 0.25) is 5.91 Å². The predicted molar refractivity (Wildman–Crippen MR) is 112 cm³/mol. The molecular formula is C22H21N5O3. The molecule has 3 aromatic heterocycles. The van der Waals surface area contributed by atoms with Crippen molar-refractivity contribution < 1.29 is 9.53 Å². The van der Waals surface area contributed by atoms with Crippen molar-refractivity contribution in [1.82, 2.24) is 24.9 Å². The van der Waals surface area contributed by atoms with Crippen LogP contribution >= 0.6 is 0 Å². The zero-order valence-corrected chi connectivity index (χ0v) is 16.6. The first-order valence-electron chi connectivity index (χ1n) is 9.49. The van der Waals surface area contributed by atoms with Gasteiger partial charge in [-0.25, -0.2) is 9.50 Å². The summed E-state index contributed by atoms with van der Waals surface area (Å²) in [7, 11) is 1.57. The fraction of sp³-hybridized carbons (Fsp3) is 0.182. The smallest absolute Gasteiger partial charge is 0.272 e. The Balaban J connectivity index is 1.55. The first-order chi connectivity index (χ1) is 14.5. The van der Waals surface area contributed by atoms with Crippen molar-refractivity contribution >= 4 is 11.6 Å². The lowest BCUT2D eigenvalue weighted by molar-refractivity contribution is -0.121. The molecule has 0 saturated heterocycles. The number of carbonyl (C=O) groups excluding carboxylic acids is 1. The number of nitrogens with zero attached hydrogens (tertiary/aromatic N) is 3.